The van der Waals surface area contributed by atoms with Gasteiger partial charge in [-0.15, -0.1) is 0 Å². The molecule has 0 aromatic heterocycles. The van der Waals surface area contributed by atoms with Crippen molar-refractivity contribution in [3.05, 3.63) is 29.8 Å². The Balaban J connectivity index is 2.52. The van der Waals surface area contributed by atoms with Crippen LogP contribution in [0.25, 0.3) is 0 Å². The third kappa shape index (κ3) is 7.99. The number of rotatable bonds is 9. The van der Waals surface area contributed by atoms with E-state index in [-0.39, 0.29) is 17.9 Å². The van der Waals surface area contributed by atoms with Gasteiger partial charge in [0.15, 0.2) is 0 Å². The Bertz CT molecular complexity index is 531. The second-order valence-corrected chi connectivity index (χ2v) is 7.18. The van der Waals surface area contributed by atoms with Crippen molar-refractivity contribution in [1.82, 2.24) is 5.32 Å². The first kappa shape index (κ1) is 20.0. The molecule has 2 N–H and O–H groups in total. The van der Waals surface area contributed by atoms with E-state index in [1.165, 1.54) is 0 Å². The highest BCUT2D eigenvalue weighted by Crippen LogP contribution is 2.20. The van der Waals surface area contributed by atoms with Crippen molar-refractivity contribution in [3.63, 3.8) is 0 Å². The van der Waals surface area contributed by atoms with Crippen LogP contribution >= 0.6 is 0 Å². The minimum absolute atomic E-state index is 0.0891. The number of amides is 1. The van der Waals surface area contributed by atoms with E-state index in [1.54, 1.807) is 0 Å². The molecule has 0 fully saturated rings. The number of carboxylic acids is 1. The van der Waals surface area contributed by atoms with Crippen LogP contribution in [0, 0.1) is 11.3 Å². The van der Waals surface area contributed by atoms with E-state index in [9.17, 15) is 14.7 Å². The highest BCUT2D eigenvalue weighted by Gasteiger charge is 2.20. The van der Waals surface area contributed by atoms with Gasteiger partial charge in [0.25, 0.3) is 0 Å². The van der Waals surface area contributed by atoms with Crippen molar-refractivity contribution in [2.45, 2.75) is 47.0 Å². The fourth-order valence-electron chi connectivity index (χ4n) is 2.23. The average Bonchev–Trinajstić information content (AvgIpc) is 2.50. The molecule has 1 atom stereocenters. The van der Waals surface area contributed by atoms with Crippen molar-refractivity contribution >= 4 is 11.9 Å². The molecule has 0 aliphatic carbocycles. The van der Waals surface area contributed by atoms with E-state index in [0.29, 0.717) is 19.4 Å². The first-order valence-corrected chi connectivity index (χ1v) is 8.42. The van der Waals surface area contributed by atoms with Gasteiger partial charge in [-0.1, -0.05) is 32.9 Å². The molecule has 1 rings (SSSR count). The van der Waals surface area contributed by atoms with E-state index in [1.807, 2.05) is 31.2 Å². The Morgan fingerprint density at radius 3 is 2.33 bits per heavy atom. The zero-order valence-electron chi connectivity index (χ0n) is 15.1. The molecule has 0 bridgehead atoms. The van der Waals surface area contributed by atoms with Gasteiger partial charge in [-0.05, 0) is 42.9 Å². The van der Waals surface area contributed by atoms with Crippen LogP contribution in [-0.2, 0) is 16.0 Å². The van der Waals surface area contributed by atoms with Gasteiger partial charge in [-0.2, -0.15) is 0 Å². The van der Waals surface area contributed by atoms with E-state index in [4.69, 9.17) is 4.74 Å². The maximum atomic E-state index is 11.9. The van der Waals surface area contributed by atoms with Gasteiger partial charge >= 0.3 is 5.97 Å². The van der Waals surface area contributed by atoms with E-state index < -0.39 is 11.9 Å². The molecule has 1 amide bonds. The highest BCUT2D eigenvalue weighted by atomic mass is 16.5. The summed E-state index contributed by atoms with van der Waals surface area (Å²) >= 11 is 0. The van der Waals surface area contributed by atoms with Crippen LogP contribution in [0.15, 0.2) is 24.3 Å². The summed E-state index contributed by atoms with van der Waals surface area (Å²) in [6.07, 6.45) is 1.57. The monoisotopic (exact) mass is 335 g/mol. The molecular formula is C19H29NO4. The zero-order chi connectivity index (χ0) is 18.2. The first-order chi connectivity index (χ1) is 11.2. The predicted octanol–water partition coefficient (Wildman–Crippen LogP) is 3.27. The molecule has 5 heteroatoms. The number of aliphatic carboxylic acids is 1. The molecule has 1 unspecified atom stereocenters. The topological polar surface area (TPSA) is 75.6 Å². The van der Waals surface area contributed by atoms with E-state index in [0.717, 1.165) is 17.7 Å². The number of carbonyl (C=O) groups excluding carboxylic acids is 1. The summed E-state index contributed by atoms with van der Waals surface area (Å²) in [6, 6.07) is 7.39. The molecule has 0 radical (unpaired) electrons. The number of carboxylic acid groups (broad SMARTS) is 1. The van der Waals surface area contributed by atoms with Gasteiger partial charge in [-0.3, -0.25) is 9.59 Å². The number of hydrogen-bond donors (Lipinski definition) is 2. The summed E-state index contributed by atoms with van der Waals surface area (Å²) in [5.41, 5.74) is 1.00. The van der Waals surface area contributed by atoms with Crippen molar-refractivity contribution < 1.29 is 19.4 Å². The van der Waals surface area contributed by atoms with Crippen LogP contribution in [0.3, 0.4) is 0 Å². The van der Waals surface area contributed by atoms with E-state index in [2.05, 4.69) is 26.1 Å². The molecular weight excluding hydrogens is 306 g/mol. The number of hydrogen-bond acceptors (Lipinski definition) is 3. The smallest absolute Gasteiger partial charge is 0.308 e. The SMILES string of the molecule is CCOc1ccc(CC(CNC(=O)CCC(C)(C)C)C(=O)O)cc1. The summed E-state index contributed by atoms with van der Waals surface area (Å²) < 4.78 is 5.37. The largest absolute Gasteiger partial charge is 0.494 e. The number of nitrogens with one attached hydrogen (secondary N) is 1. The van der Waals surface area contributed by atoms with Gasteiger partial charge in [0.05, 0.1) is 12.5 Å². The molecule has 1 aromatic rings. The first-order valence-electron chi connectivity index (χ1n) is 8.42. The Hall–Kier alpha value is -2.04. The normalized spacial score (nSPS) is 12.5. The maximum Gasteiger partial charge on any atom is 0.308 e. The Kier molecular flexibility index (Phi) is 7.75. The fourth-order valence-corrected chi connectivity index (χ4v) is 2.23. The van der Waals surface area contributed by atoms with Crippen molar-refractivity contribution in [1.29, 1.82) is 0 Å². The maximum absolute atomic E-state index is 11.9. The van der Waals surface area contributed by atoms with Gasteiger partial charge in [0, 0.05) is 13.0 Å². The van der Waals surface area contributed by atoms with Crippen molar-refractivity contribution in [3.8, 4) is 5.75 Å². The van der Waals surface area contributed by atoms with E-state index >= 15 is 0 Å². The van der Waals surface area contributed by atoms with Gasteiger partial charge in [0.1, 0.15) is 5.75 Å². The van der Waals surface area contributed by atoms with Crippen LogP contribution in [0.2, 0.25) is 0 Å². The van der Waals surface area contributed by atoms with Crippen molar-refractivity contribution in [2.24, 2.45) is 11.3 Å². The van der Waals surface area contributed by atoms with Crippen LogP contribution in [0.4, 0.5) is 0 Å². The predicted molar refractivity (Wildman–Crippen MR) is 94.1 cm³/mol. The summed E-state index contributed by atoms with van der Waals surface area (Å²) in [4.78, 5) is 23.3. The second kappa shape index (κ2) is 9.30. The molecule has 0 saturated heterocycles. The number of carbonyl (C=O) groups is 2. The van der Waals surface area contributed by atoms with Gasteiger partial charge in [0.2, 0.25) is 5.91 Å². The minimum Gasteiger partial charge on any atom is -0.494 e. The standard InChI is InChI=1S/C19H29NO4/c1-5-24-16-8-6-14(7-9-16)12-15(18(22)23)13-20-17(21)10-11-19(2,3)4/h6-9,15H,5,10-13H2,1-4H3,(H,20,21)(H,22,23). The lowest BCUT2D eigenvalue weighted by molar-refractivity contribution is -0.141. The molecule has 1 aromatic carbocycles. The lowest BCUT2D eigenvalue weighted by atomic mass is 9.90. The molecule has 0 spiro atoms. The van der Waals surface area contributed by atoms with Crippen LogP contribution in [-0.4, -0.2) is 30.1 Å². The fraction of sp³-hybridized carbons (Fsp3) is 0.579. The lowest BCUT2D eigenvalue weighted by Gasteiger charge is -2.18. The Labute approximate surface area is 144 Å². The molecule has 134 valence electrons. The van der Waals surface area contributed by atoms with Crippen LogP contribution in [0.1, 0.15) is 46.1 Å². The highest BCUT2D eigenvalue weighted by molar-refractivity contribution is 5.77. The van der Waals surface area contributed by atoms with Gasteiger partial charge < -0.3 is 15.2 Å². The molecule has 24 heavy (non-hydrogen) atoms. The van der Waals surface area contributed by atoms with Gasteiger partial charge in [-0.25, -0.2) is 0 Å². The minimum atomic E-state index is -0.903. The van der Waals surface area contributed by atoms with Crippen LogP contribution in [0.5, 0.6) is 5.75 Å². The third-order valence-electron chi connectivity index (χ3n) is 3.71. The van der Waals surface area contributed by atoms with Crippen LogP contribution < -0.4 is 10.1 Å². The van der Waals surface area contributed by atoms with Crippen molar-refractivity contribution in [2.75, 3.05) is 13.2 Å². The summed E-state index contributed by atoms with van der Waals surface area (Å²) in [7, 11) is 0. The Morgan fingerprint density at radius 2 is 1.83 bits per heavy atom. The zero-order valence-corrected chi connectivity index (χ0v) is 15.1. The summed E-state index contributed by atoms with van der Waals surface area (Å²) in [5, 5.41) is 12.1. The molecule has 5 nitrogen and oxygen atoms in total. The number of benzene rings is 1. The molecule has 0 saturated carbocycles. The third-order valence-corrected chi connectivity index (χ3v) is 3.71. The second-order valence-electron chi connectivity index (χ2n) is 7.18. The molecule has 0 aliphatic heterocycles. The quantitative estimate of drug-likeness (QED) is 0.726. The summed E-state index contributed by atoms with van der Waals surface area (Å²) in [5.74, 6) is -0.868. The molecule has 0 aliphatic rings. The average molecular weight is 335 g/mol. The molecule has 0 heterocycles. The Morgan fingerprint density at radius 1 is 1.21 bits per heavy atom. The number of ether oxygens (including phenoxy) is 1. The lowest BCUT2D eigenvalue weighted by Crippen LogP contribution is -2.34. The summed E-state index contributed by atoms with van der Waals surface area (Å²) in [6.45, 7) is 8.88.